The Kier molecular flexibility index (Phi) is 5.90. The monoisotopic (exact) mass is 412 g/mol. The molecule has 2 aromatic rings. The topological polar surface area (TPSA) is 116 Å². The SMILES string of the molecule is C[C@H]1CN(C)C(=O)[C@@H]1c1cc(Nc2ccnc(N(C)CC3CCC(N)CC3)n2)n[nH]1. The lowest BCUT2D eigenvalue weighted by Gasteiger charge is -2.29. The fraction of sp³-hybridized carbons (Fsp3) is 0.619. The summed E-state index contributed by atoms with van der Waals surface area (Å²) >= 11 is 0. The van der Waals surface area contributed by atoms with E-state index in [9.17, 15) is 4.79 Å². The number of likely N-dealkylation sites (N-methyl/N-ethyl adjacent to an activating group) is 1. The van der Waals surface area contributed by atoms with Crippen molar-refractivity contribution in [2.24, 2.45) is 17.6 Å². The molecule has 1 aliphatic heterocycles. The highest BCUT2D eigenvalue weighted by atomic mass is 16.2. The quantitative estimate of drug-likeness (QED) is 0.665. The van der Waals surface area contributed by atoms with E-state index in [0.29, 0.717) is 29.5 Å². The molecule has 0 unspecified atom stereocenters. The fourth-order valence-corrected chi connectivity index (χ4v) is 4.68. The van der Waals surface area contributed by atoms with Crippen LogP contribution in [0.3, 0.4) is 0 Å². The molecule has 30 heavy (non-hydrogen) atoms. The van der Waals surface area contributed by atoms with Crippen LogP contribution < -0.4 is 16.0 Å². The van der Waals surface area contributed by atoms with E-state index in [0.717, 1.165) is 44.5 Å². The largest absolute Gasteiger partial charge is 0.345 e. The van der Waals surface area contributed by atoms with Gasteiger partial charge in [0.2, 0.25) is 11.9 Å². The van der Waals surface area contributed by atoms with Gasteiger partial charge in [-0.2, -0.15) is 10.1 Å². The molecule has 9 nitrogen and oxygen atoms in total. The van der Waals surface area contributed by atoms with E-state index in [1.807, 2.05) is 26.2 Å². The maximum atomic E-state index is 12.4. The van der Waals surface area contributed by atoms with Crippen molar-refractivity contribution in [3.05, 3.63) is 24.0 Å². The normalized spacial score (nSPS) is 26.8. The summed E-state index contributed by atoms with van der Waals surface area (Å²) in [6.07, 6.45) is 6.27. The van der Waals surface area contributed by atoms with Crippen LogP contribution in [0.25, 0.3) is 0 Å². The van der Waals surface area contributed by atoms with Gasteiger partial charge in [0.25, 0.3) is 0 Å². The van der Waals surface area contributed by atoms with Crippen molar-refractivity contribution < 1.29 is 4.79 Å². The number of hydrogen-bond acceptors (Lipinski definition) is 7. The lowest BCUT2D eigenvalue weighted by atomic mass is 9.86. The minimum Gasteiger partial charge on any atom is -0.345 e. The number of aromatic nitrogens is 4. The molecule has 1 aliphatic carbocycles. The second-order valence-electron chi connectivity index (χ2n) is 8.91. The van der Waals surface area contributed by atoms with Crippen LogP contribution in [0, 0.1) is 11.8 Å². The number of nitrogens with two attached hydrogens (primary N) is 1. The van der Waals surface area contributed by atoms with Crippen molar-refractivity contribution in [3.63, 3.8) is 0 Å². The van der Waals surface area contributed by atoms with Crippen LogP contribution in [0.5, 0.6) is 0 Å². The van der Waals surface area contributed by atoms with Crippen molar-refractivity contribution in [2.45, 2.75) is 44.6 Å². The third-order valence-corrected chi connectivity index (χ3v) is 6.37. The third kappa shape index (κ3) is 4.40. The van der Waals surface area contributed by atoms with Crippen LogP contribution >= 0.6 is 0 Å². The Bertz CT molecular complexity index is 875. The standard InChI is InChI=1S/C21H32N8O/c1-13-11-28(2)20(30)19(13)16-10-18(27-26-16)24-17-8-9-23-21(25-17)29(3)12-14-4-6-15(22)7-5-14/h8-10,13-15,19H,4-7,11-12,22H2,1-3H3,(H2,23,24,25,26,27)/t13-,14?,15?,19-/m0/s1. The minimum atomic E-state index is -0.172. The van der Waals surface area contributed by atoms with Gasteiger partial charge in [0.1, 0.15) is 5.82 Å². The summed E-state index contributed by atoms with van der Waals surface area (Å²) < 4.78 is 0. The van der Waals surface area contributed by atoms with Crippen LogP contribution in [0.1, 0.15) is 44.2 Å². The molecule has 2 aliphatic rings. The number of anilines is 3. The average Bonchev–Trinajstić information content (AvgIpc) is 3.27. The zero-order valence-electron chi connectivity index (χ0n) is 18.0. The first-order chi connectivity index (χ1) is 14.4. The molecule has 0 radical (unpaired) electrons. The predicted molar refractivity (Wildman–Crippen MR) is 117 cm³/mol. The minimum absolute atomic E-state index is 0.132. The smallest absolute Gasteiger partial charge is 0.231 e. The van der Waals surface area contributed by atoms with E-state index < -0.39 is 0 Å². The molecule has 1 saturated carbocycles. The van der Waals surface area contributed by atoms with Crippen LogP contribution in [-0.2, 0) is 4.79 Å². The Labute approximate surface area is 177 Å². The number of amides is 1. The molecule has 9 heteroatoms. The molecule has 0 aromatic carbocycles. The van der Waals surface area contributed by atoms with Gasteiger partial charge in [0.05, 0.1) is 11.6 Å². The van der Waals surface area contributed by atoms with Crippen molar-refractivity contribution in [3.8, 4) is 0 Å². The Balaban J connectivity index is 1.40. The lowest BCUT2D eigenvalue weighted by Crippen LogP contribution is -2.33. The second kappa shape index (κ2) is 8.59. The molecule has 2 fully saturated rings. The van der Waals surface area contributed by atoms with Crippen LogP contribution in [0.15, 0.2) is 18.3 Å². The van der Waals surface area contributed by atoms with E-state index in [2.05, 4.69) is 37.3 Å². The molecule has 162 valence electrons. The van der Waals surface area contributed by atoms with Gasteiger partial charge in [-0.1, -0.05) is 6.92 Å². The van der Waals surface area contributed by atoms with Gasteiger partial charge in [0, 0.05) is 45.5 Å². The van der Waals surface area contributed by atoms with Crippen LogP contribution in [-0.4, -0.2) is 64.2 Å². The maximum Gasteiger partial charge on any atom is 0.231 e. The van der Waals surface area contributed by atoms with Gasteiger partial charge < -0.3 is 20.9 Å². The maximum absolute atomic E-state index is 12.4. The summed E-state index contributed by atoms with van der Waals surface area (Å²) in [7, 11) is 3.87. The summed E-state index contributed by atoms with van der Waals surface area (Å²) in [6.45, 7) is 3.78. The van der Waals surface area contributed by atoms with E-state index in [1.165, 1.54) is 0 Å². The number of hydrogen-bond donors (Lipinski definition) is 3. The third-order valence-electron chi connectivity index (χ3n) is 6.37. The number of nitrogens with one attached hydrogen (secondary N) is 2. The highest BCUT2D eigenvalue weighted by molar-refractivity contribution is 5.85. The summed E-state index contributed by atoms with van der Waals surface area (Å²) in [6, 6.07) is 4.08. The lowest BCUT2D eigenvalue weighted by molar-refractivity contribution is -0.127. The van der Waals surface area contributed by atoms with E-state index >= 15 is 0 Å². The zero-order valence-corrected chi connectivity index (χ0v) is 18.0. The number of carbonyl (C=O) groups excluding carboxylic acids is 1. The molecule has 0 spiro atoms. The number of H-pyrrole nitrogens is 1. The number of likely N-dealkylation sites (tertiary alicyclic amines) is 1. The average molecular weight is 413 g/mol. The molecule has 4 rings (SSSR count). The fourth-order valence-electron chi connectivity index (χ4n) is 4.68. The molecule has 0 bridgehead atoms. The summed E-state index contributed by atoms with van der Waals surface area (Å²) in [4.78, 5) is 25.4. The molecule has 1 amide bonds. The molecule has 2 atom stereocenters. The summed E-state index contributed by atoms with van der Waals surface area (Å²) in [5, 5.41) is 10.6. The number of carbonyl (C=O) groups is 1. The van der Waals surface area contributed by atoms with Gasteiger partial charge in [-0.05, 0) is 43.6 Å². The molecular weight excluding hydrogens is 380 g/mol. The number of nitrogens with zero attached hydrogens (tertiary/aromatic N) is 5. The Morgan fingerprint density at radius 3 is 2.77 bits per heavy atom. The van der Waals surface area contributed by atoms with Gasteiger partial charge >= 0.3 is 0 Å². The first kappa shape index (κ1) is 20.6. The Morgan fingerprint density at radius 2 is 2.07 bits per heavy atom. The highest BCUT2D eigenvalue weighted by Gasteiger charge is 2.38. The number of aromatic amines is 1. The number of rotatable bonds is 6. The van der Waals surface area contributed by atoms with Crippen molar-refractivity contribution in [1.29, 1.82) is 0 Å². The highest BCUT2D eigenvalue weighted by Crippen LogP contribution is 2.33. The van der Waals surface area contributed by atoms with Crippen molar-refractivity contribution >= 4 is 23.5 Å². The second-order valence-corrected chi connectivity index (χ2v) is 8.91. The Morgan fingerprint density at radius 1 is 1.30 bits per heavy atom. The predicted octanol–water partition coefficient (Wildman–Crippen LogP) is 2.09. The van der Waals surface area contributed by atoms with E-state index in [4.69, 9.17) is 5.73 Å². The van der Waals surface area contributed by atoms with Gasteiger partial charge in [-0.15, -0.1) is 0 Å². The molecular formula is C21H32N8O. The molecule has 1 saturated heterocycles. The molecule has 4 N–H and O–H groups in total. The summed E-state index contributed by atoms with van der Waals surface area (Å²) in [5.74, 6) is 2.86. The zero-order chi connectivity index (χ0) is 21.3. The summed E-state index contributed by atoms with van der Waals surface area (Å²) in [5.41, 5.74) is 6.85. The molecule has 2 aromatic heterocycles. The van der Waals surface area contributed by atoms with E-state index in [1.54, 1.807) is 11.1 Å². The molecule has 3 heterocycles. The Hall–Kier alpha value is -2.68. The van der Waals surface area contributed by atoms with Crippen molar-refractivity contribution in [1.82, 2.24) is 25.1 Å². The van der Waals surface area contributed by atoms with Crippen molar-refractivity contribution in [2.75, 3.05) is 37.4 Å². The first-order valence-corrected chi connectivity index (χ1v) is 10.8. The van der Waals surface area contributed by atoms with Gasteiger partial charge in [0.15, 0.2) is 5.82 Å². The first-order valence-electron chi connectivity index (χ1n) is 10.8. The van der Waals surface area contributed by atoms with E-state index in [-0.39, 0.29) is 17.7 Å². The van der Waals surface area contributed by atoms with Crippen LogP contribution in [0.4, 0.5) is 17.6 Å². The van der Waals surface area contributed by atoms with Gasteiger partial charge in [-0.25, -0.2) is 4.98 Å². The van der Waals surface area contributed by atoms with Crippen LogP contribution in [0.2, 0.25) is 0 Å². The van der Waals surface area contributed by atoms with Gasteiger partial charge in [-0.3, -0.25) is 9.89 Å².